The molecule has 0 aliphatic rings. The number of aromatic amines is 2. The average molecular weight is 243 g/mol. The molecule has 0 amide bonds. The molecule has 66 valence electrons. The summed E-state index contributed by atoms with van der Waals surface area (Å²) >= 11 is 3.06. The van der Waals surface area contributed by atoms with E-state index in [0.717, 1.165) is 0 Å². The Bertz CT molecular complexity index is 573. The van der Waals surface area contributed by atoms with Crippen molar-refractivity contribution in [3.63, 3.8) is 0 Å². The van der Waals surface area contributed by atoms with Gasteiger partial charge in [-0.2, -0.15) is 0 Å². The number of hydrogen-bond acceptors (Lipinski definition) is 4. The lowest BCUT2D eigenvalue weighted by Crippen LogP contribution is -2.20. The number of fused-ring (bicyclic) bond motifs is 1. The van der Waals surface area contributed by atoms with Gasteiger partial charge in [-0.3, -0.25) is 19.8 Å². The normalized spacial score (nSPS) is 10.5. The van der Waals surface area contributed by atoms with Gasteiger partial charge in [0.25, 0.3) is 11.1 Å². The molecule has 2 aromatic heterocycles. The maximum atomic E-state index is 11.2. The van der Waals surface area contributed by atoms with Crippen molar-refractivity contribution >= 4 is 26.8 Å². The van der Waals surface area contributed by atoms with Gasteiger partial charge in [-0.25, -0.2) is 9.97 Å². The molecular weight excluding hydrogens is 240 g/mol. The highest BCUT2D eigenvalue weighted by Gasteiger charge is 2.07. The Kier molecular flexibility index (Phi) is 1.73. The monoisotopic (exact) mass is 242 g/mol. The molecule has 0 aliphatic heterocycles. The fourth-order valence-corrected chi connectivity index (χ4v) is 1.43. The zero-order valence-electron chi connectivity index (χ0n) is 6.17. The van der Waals surface area contributed by atoms with Crippen LogP contribution in [0.3, 0.4) is 0 Å². The highest BCUT2D eigenvalue weighted by molar-refractivity contribution is 9.10. The van der Waals surface area contributed by atoms with E-state index < -0.39 is 11.1 Å². The summed E-state index contributed by atoms with van der Waals surface area (Å²) in [5.74, 6) is 0. The molecule has 0 spiro atoms. The van der Waals surface area contributed by atoms with E-state index in [1.807, 2.05) is 0 Å². The Morgan fingerprint density at radius 1 is 1.15 bits per heavy atom. The predicted molar refractivity (Wildman–Crippen MR) is 48.5 cm³/mol. The summed E-state index contributed by atoms with van der Waals surface area (Å²) in [6.45, 7) is 0. The summed E-state index contributed by atoms with van der Waals surface area (Å²) in [7, 11) is 0. The van der Waals surface area contributed by atoms with Crippen molar-refractivity contribution in [2.75, 3.05) is 0 Å². The third-order valence-electron chi connectivity index (χ3n) is 1.53. The van der Waals surface area contributed by atoms with Crippen LogP contribution in [0.5, 0.6) is 0 Å². The quantitative estimate of drug-likeness (QED) is 0.625. The lowest BCUT2D eigenvalue weighted by Gasteiger charge is -1.94. The van der Waals surface area contributed by atoms with Crippen molar-refractivity contribution < 1.29 is 0 Å². The molecule has 7 heteroatoms. The third-order valence-corrected chi connectivity index (χ3v) is 2.13. The highest BCUT2D eigenvalue weighted by Crippen LogP contribution is 2.11. The van der Waals surface area contributed by atoms with Crippen LogP contribution in [0, 0.1) is 0 Å². The molecule has 0 atom stereocenters. The van der Waals surface area contributed by atoms with Crippen LogP contribution in [-0.4, -0.2) is 20.2 Å². The van der Waals surface area contributed by atoms with Gasteiger partial charge in [-0.15, -0.1) is 0 Å². The lowest BCUT2D eigenvalue weighted by molar-refractivity contribution is 0.962. The first kappa shape index (κ1) is 8.11. The SMILES string of the molecule is O=c1[nH][nH]c(=O)c2c(Br)ncnc12. The molecule has 0 saturated carbocycles. The van der Waals surface area contributed by atoms with Crippen molar-refractivity contribution in [3.8, 4) is 0 Å². The number of nitrogens with one attached hydrogen (secondary N) is 2. The van der Waals surface area contributed by atoms with E-state index in [9.17, 15) is 9.59 Å². The summed E-state index contributed by atoms with van der Waals surface area (Å²) in [4.78, 5) is 29.8. The largest absolute Gasteiger partial charge is 0.289 e. The summed E-state index contributed by atoms with van der Waals surface area (Å²) in [6.07, 6.45) is 1.21. The maximum absolute atomic E-state index is 11.2. The maximum Gasteiger partial charge on any atom is 0.289 e. The molecule has 0 fully saturated rings. The molecular formula is C6H3BrN4O2. The van der Waals surface area contributed by atoms with Gasteiger partial charge in [0, 0.05) is 0 Å². The van der Waals surface area contributed by atoms with E-state index in [2.05, 4.69) is 36.1 Å². The first-order valence-corrected chi connectivity index (χ1v) is 4.10. The molecule has 0 unspecified atom stereocenters. The molecule has 13 heavy (non-hydrogen) atoms. The zero-order chi connectivity index (χ0) is 9.42. The van der Waals surface area contributed by atoms with Gasteiger partial charge < -0.3 is 0 Å². The lowest BCUT2D eigenvalue weighted by atomic mass is 10.3. The predicted octanol–water partition coefficient (Wildman–Crippen LogP) is -0.231. The molecule has 2 rings (SSSR count). The first-order valence-electron chi connectivity index (χ1n) is 3.31. The van der Waals surface area contributed by atoms with Crippen LogP contribution in [0.15, 0.2) is 20.5 Å². The molecule has 6 nitrogen and oxygen atoms in total. The first-order chi connectivity index (χ1) is 6.20. The zero-order valence-corrected chi connectivity index (χ0v) is 7.75. The number of halogens is 1. The summed E-state index contributed by atoms with van der Waals surface area (Å²) < 4.78 is 0.310. The minimum Gasteiger partial charge on any atom is -0.267 e. The van der Waals surface area contributed by atoms with Gasteiger partial charge in [0.05, 0.1) is 0 Å². The molecule has 2 N–H and O–H groups in total. The van der Waals surface area contributed by atoms with Crippen LogP contribution < -0.4 is 11.1 Å². The van der Waals surface area contributed by atoms with Gasteiger partial charge in [-0.1, -0.05) is 0 Å². The molecule has 0 saturated heterocycles. The summed E-state index contributed by atoms with van der Waals surface area (Å²) in [6, 6.07) is 0. The van der Waals surface area contributed by atoms with Crippen molar-refractivity contribution in [2.24, 2.45) is 0 Å². The van der Waals surface area contributed by atoms with Crippen molar-refractivity contribution in [1.29, 1.82) is 0 Å². The van der Waals surface area contributed by atoms with Gasteiger partial charge in [-0.05, 0) is 15.9 Å². The number of aromatic nitrogens is 4. The van der Waals surface area contributed by atoms with Crippen molar-refractivity contribution in [3.05, 3.63) is 31.6 Å². The van der Waals surface area contributed by atoms with Crippen LogP contribution >= 0.6 is 15.9 Å². The highest BCUT2D eigenvalue weighted by atomic mass is 79.9. The molecule has 0 radical (unpaired) electrons. The number of rotatable bonds is 0. The fraction of sp³-hybridized carbons (Fsp3) is 0. The summed E-state index contributed by atoms with van der Waals surface area (Å²) in [5, 5.41) is 4.50. The topological polar surface area (TPSA) is 91.5 Å². The molecule has 2 heterocycles. The van der Waals surface area contributed by atoms with Crippen LogP contribution in [0.4, 0.5) is 0 Å². The van der Waals surface area contributed by atoms with E-state index >= 15 is 0 Å². The van der Waals surface area contributed by atoms with Crippen molar-refractivity contribution in [1.82, 2.24) is 20.2 Å². The third kappa shape index (κ3) is 1.17. The Labute approximate surface area is 79.2 Å². The smallest absolute Gasteiger partial charge is 0.267 e. The second-order valence-corrected chi connectivity index (χ2v) is 3.05. The van der Waals surface area contributed by atoms with Gasteiger partial charge in [0.1, 0.15) is 21.8 Å². The molecule has 2 aromatic rings. The van der Waals surface area contributed by atoms with E-state index in [0.29, 0.717) is 4.60 Å². The molecule has 0 bridgehead atoms. The number of nitrogens with zero attached hydrogens (tertiary/aromatic N) is 2. The number of hydrogen-bond donors (Lipinski definition) is 2. The van der Waals surface area contributed by atoms with Gasteiger partial charge >= 0.3 is 0 Å². The second kappa shape index (κ2) is 2.77. The Morgan fingerprint density at radius 2 is 1.85 bits per heavy atom. The second-order valence-electron chi connectivity index (χ2n) is 2.30. The fourth-order valence-electron chi connectivity index (χ4n) is 0.973. The minimum absolute atomic E-state index is 0.0747. The average Bonchev–Trinajstić information content (AvgIpc) is 2.12. The van der Waals surface area contributed by atoms with E-state index in [1.54, 1.807) is 0 Å². The summed E-state index contributed by atoms with van der Waals surface area (Å²) in [5.41, 5.74) is -0.801. The van der Waals surface area contributed by atoms with Gasteiger partial charge in [0.15, 0.2) is 0 Å². The Balaban J connectivity index is 3.19. The van der Waals surface area contributed by atoms with Gasteiger partial charge in [0.2, 0.25) is 0 Å². The van der Waals surface area contributed by atoms with Crippen LogP contribution in [-0.2, 0) is 0 Å². The molecule has 0 aromatic carbocycles. The van der Waals surface area contributed by atoms with E-state index in [-0.39, 0.29) is 10.9 Å². The van der Waals surface area contributed by atoms with Crippen molar-refractivity contribution in [2.45, 2.75) is 0 Å². The van der Waals surface area contributed by atoms with Crippen LogP contribution in [0.25, 0.3) is 10.9 Å². The minimum atomic E-state index is -0.447. The van der Waals surface area contributed by atoms with E-state index in [4.69, 9.17) is 0 Å². The molecule has 0 aliphatic carbocycles. The van der Waals surface area contributed by atoms with E-state index in [1.165, 1.54) is 6.33 Å². The standard InChI is InChI=1S/C6H3BrN4O2/c7-4-2-3(8-1-9-4)6(13)11-10-5(2)12/h1H,(H,10,12)(H,11,13). The van der Waals surface area contributed by atoms with Crippen LogP contribution in [0.1, 0.15) is 0 Å². The Morgan fingerprint density at radius 3 is 2.54 bits per heavy atom. The van der Waals surface area contributed by atoms with Crippen LogP contribution in [0.2, 0.25) is 0 Å². The Hall–Kier alpha value is -1.50. The number of H-pyrrole nitrogens is 2.